The molecule has 1 rings (SSSR count). The van der Waals surface area contributed by atoms with Crippen LogP contribution in [0.1, 0.15) is 26.7 Å². The molecule has 62 valence electrons. The van der Waals surface area contributed by atoms with E-state index in [2.05, 4.69) is 0 Å². The van der Waals surface area contributed by atoms with E-state index in [1.54, 1.807) is 13.8 Å². The van der Waals surface area contributed by atoms with Gasteiger partial charge in [-0.1, -0.05) is 6.92 Å². The van der Waals surface area contributed by atoms with Gasteiger partial charge in [-0.05, 0) is 13.3 Å². The van der Waals surface area contributed by atoms with Gasteiger partial charge in [-0.2, -0.15) is 0 Å². The highest BCUT2D eigenvalue weighted by Gasteiger charge is 2.44. The molecule has 3 heteroatoms. The van der Waals surface area contributed by atoms with Crippen molar-refractivity contribution in [3.05, 3.63) is 0 Å². The molecular formula is C8H12O3. The van der Waals surface area contributed by atoms with Crippen molar-refractivity contribution in [2.45, 2.75) is 26.7 Å². The van der Waals surface area contributed by atoms with Crippen LogP contribution in [0.15, 0.2) is 0 Å². The molecule has 3 nitrogen and oxygen atoms in total. The van der Waals surface area contributed by atoms with Crippen molar-refractivity contribution in [3.8, 4) is 0 Å². The zero-order valence-electron chi connectivity index (χ0n) is 6.76. The molecular weight excluding hydrogens is 144 g/mol. The number of aliphatic carboxylic acids is 1. The van der Waals surface area contributed by atoms with E-state index in [0.717, 1.165) is 0 Å². The fraction of sp³-hybridized carbons (Fsp3) is 0.750. The van der Waals surface area contributed by atoms with Crippen LogP contribution in [0.2, 0.25) is 0 Å². The molecule has 0 radical (unpaired) electrons. The summed E-state index contributed by atoms with van der Waals surface area (Å²) in [5.41, 5.74) is -0.795. The van der Waals surface area contributed by atoms with Crippen molar-refractivity contribution < 1.29 is 14.7 Å². The lowest BCUT2D eigenvalue weighted by Gasteiger charge is -2.15. The normalized spacial score (nSPS) is 37.6. The predicted molar refractivity (Wildman–Crippen MR) is 39.1 cm³/mol. The molecule has 0 spiro atoms. The van der Waals surface area contributed by atoms with Gasteiger partial charge < -0.3 is 5.11 Å². The first-order chi connectivity index (χ1) is 4.96. The Balaban J connectivity index is 2.79. The molecule has 0 saturated heterocycles. The second-order valence-corrected chi connectivity index (χ2v) is 3.61. The summed E-state index contributed by atoms with van der Waals surface area (Å²) in [5, 5.41) is 8.76. The number of carbonyl (C=O) groups is 2. The van der Waals surface area contributed by atoms with Crippen LogP contribution in [0.3, 0.4) is 0 Å². The lowest BCUT2D eigenvalue weighted by atomic mass is 9.88. The summed E-state index contributed by atoms with van der Waals surface area (Å²) in [6.45, 7) is 3.42. The Labute approximate surface area is 65.4 Å². The van der Waals surface area contributed by atoms with E-state index in [4.69, 9.17) is 5.11 Å². The average Bonchev–Trinajstić information content (AvgIpc) is 2.09. The van der Waals surface area contributed by atoms with Crippen LogP contribution in [-0.2, 0) is 9.59 Å². The molecule has 0 aromatic carbocycles. The molecule has 1 aliphatic rings. The number of carbonyl (C=O) groups excluding carboxylic acids is 1. The van der Waals surface area contributed by atoms with Crippen LogP contribution in [0.5, 0.6) is 0 Å². The number of hydrogen-bond donors (Lipinski definition) is 1. The molecule has 1 N–H and O–H groups in total. The van der Waals surface area contributed by atoms with Gasteiger partial charge in [0.15, 0.2) is 0 Å². The SMILES string of the molecule is C[C@H]1C[C@](C)(C(=O)O)CC1=O. The van der Waals surface area contributed by atoms with Crippen molar-refractivity contribution in [3.63, 3.8) is 0 Å². The monoisotopic (exact) mass is 156 g/mol. The van der Waals surface area contributed by atoms with E-state index in [1.165, 1.54) is 0 Å². The molecule has 2 atom stereocenters. The van der Waals surface area contributed by atoms with Gasteiger partial charge in [0.1, 0.15) is 5.78 Å². The van der Waals surface area contributed by atoms with Crippen molar-refractivity contribution in [1.29, 1.82) is 0 Å². The van der Waals surface area contributed by atoms with Crippen LogP contribution in [-0.4, -0.2) is 16.9 Å². The molecule has 11 heavy (non-hydrogen) atoms. The van der Waals surface area contributed by atoms with Crippen LogP contribution < -0.4 is 0 Å². The minimum absolute atomic E-state index is 0.0731. The van der Waals surface area contributed by atoms with Gasteiger partial charge in [0.05, 0.1) is 5.41 Å². The van der Waals surface area contributed by atoms with Crippen LogP contribution in [0, 0.1) is 11.3 Å². The summed E-state index contributed by atoms with van der Waals surface area (Å²) in [7, 11) is 0. The Hall–Kier alpha value is -0.860. The molecule has 1 saturated carbocycles. The summed E-state index contributed by atoms with van der Waals surface area (Å²) in [6, 6.07) is 0. The maximum atomic E-state index is 11.0. The van der Waals surface area contributed by atoms with E-state index in [1.807, 2.05) is 0 Å². The standard InChI is InChI=1S/C8H12O3/c1-5-3-8(2,7(10)11)4-6(5)9/h5H,3-4H2,1-2H3,(H,10,11)/t5-,8-/m0/s1. The molecule has 0 unspecified atom stereocenters. The molecule has 0 amide bonds. The number of hydrogen-bond acceptors (Lipinski definition) is 2. The van der Waals surface area contributed by atoms with Crippen molar-refractivity contribution >= 4 is 11.8 Å². The first-order valence-corrected chi connectivity index (χ1v) is 3.72. The molecule has 0 bridgehead atoms. The van der Waals surface area contributed by atoms with Gasteiger partial charge in [-0.3, -0.25) is 9.59 Å². The zero-order chi connectivity index (χ0) is 8.65. The summed E-state index contributed by atoms with van der Waals surface area (Å²) >= 11 is 0. The van der Waals surface area contributed by atoms with E-state index in [0.29, 0.717) is 6.42 Å². The number of carboxylic acid groups (broad SMARTS) is 1. The first kappa shape index (κ1) is 8.24. The third-order valence-electron chi connectivity index (χ3n) is 2.39. The highest BCUT2D eigenvalue weighted by Crippen LogP contribution is 2.38. The summed E-state index contributed by atoms with van der Waals surface area (Å²) in [5.74, 6) is -0.846. The number of ketones is 1. The Morgan fingerprint density at radius 1 is 1.73 bits per heavy atom. The van der Waals surface area contributed by atoms with Gasteiger partial charge >= 0.3 is 5.97 Å². The third kappa shape index (κ3) is 1.27. The lowest BCUT2D eigenvalue weighted by Crippen LogP contribution is -2.24. The fourth-order valence-corrected chi connectivity index (χ4v) is 1.58. The molecule has 0 aliphatic heterocycles. The largest absolute Gasteiger partial charge is 0.481 e. The number of carboxylic acids is 1. The van der Waals surface area contributed by atoms with E-state index < -0.39 is 11.4 Å². The quantitative estimate of drug-likeness (QED) is 0.618. The molecule has 0 heterocycles. The van der Waals surface area contributed by atoms with Crippen LogP contribution in [0.25, 0.3) is 0 Å². The smallest absolute Gasteiger partial charge is 0.309 e. The van der Waals surface area contributed by atoms with Gasteiger partial charge in [0, 0.05) is 12.3 Å². The van der Waals surface area contributed by atoms with E-state index in [9.17, 15) is 9.59 Å². The van der Waals surface area contributed by atoms with Crippen molar-refractivity contribution in [1.82, 2.24) is 0 Å². The molecule has 0 aromatic heterocycles. The van der Waals surface area contributed by atoms with E-state index >= 15 is 0 Å². The predicted octanol–water partition coefficient (Wildman–Crippen LogP) is 1.08. The van der Waals surface area contributed by atoms with Crippen LogP contribution >= 0.6 is 0 Å². The summed E-state index contributed by atoms with van der Waals surface area (Å²) in [6.07, 6.45) is 0.685. The second-order valence-electron chi connectivity index (χ2n) is 3.61. The molecule has 1 aliphatic carbocycles. The Morgan fingerprint density at radius 3 is 2.45 bits per heavy atom. The third-order valence-corrected chi connectivity index (χ3v) is 2.39. The van der Waals surface area contributed by atoms with Gasteiger partial charge in [-0.15, -0.1) is 0 Å². The molecule has 0 aromatic rings. The lowest BCUT2D eigenvalue weighted by molar-refractivity contribution is -0.148. The fourth-order valence-electron chi connectivity index (χ4n) is 1.58. The van der Waals surface area contributed by atoms with Crippen molar-refractivity contribution in [2.75, 3.05) is 0 Å². The van der Waals surface area contributed by atoms with Crippen molar-refractivity contribution in [2.24, 2.45) is 11.3 Å². The maximum absolute atomic E-state index is 11.0. The second kappa shape index (κ2) is 2.32. The number of Topliss-reactive ketones (excluding diaryl/α,β-unsaturated/α-hetero) is 1. The Morgan fingerprint density at radius 2 is 2.27 bits per heavy atom. The summed E-state index contributed by atoms with van der Waals surface area (Å²) in [4.78, 5) is 21.7. The van der Waals surface area contributed by atoms with Gasteiger partial charge in [-0.25, -0.2) is 0 Å². The first-order valence-electron chi connectivity index (χ1n) is 3.72. The molecule has 1 fully saturated rings. The minimum atomic E-state index is -0.852. The average molecular weight is 156 g/mol. The Kier molecular flexibility index (Phi) is 1.74. The van der Waals surface area contributed by atoms with Crippen LogP contribution in [0.4, 0.5) is 0 Å². The zero-order valence-corrected chi connectivity index (χ0v) is 6.76. The Bertz CT molecular complexity index is 207. The maximum Gasteiger partial charge on any atom is 0.309 e. The topological polar surface area (TPSA) is 54.4 Å². The highest BCUT2D eigenvalue weighted by molar-refractivity contribution is 5.91. The highest BCUT2D eigenvalue weighted by atomic mass is 16.4. The minimum Gasteiger partial charge on any atom is -0.481 e. The summed E-state index contributed by atoms with van der Waals surface area (Å²) < 4.78 is 0. The number of rotatable bonds is 1. The van der Waals surface area contributed by atoms with Gasteiger partial charge in [0.2, 0.25) is 0 Å². The van der Waals surface area contributed by atoms with E-state index in [-0.39, 0.29) is 18.1 Å². The van der Waals surface area contributed by atoms with Gasteiger partial charge in [0.25, 0.3) is 0 Å².